The highest BCUT2D eigenvalue weighted by Crippen LogP contribution is 2.21. The molecule has 138 valence electrons. The van der Waals surface area contributed by atoms with Gasteiger partial charge < -0.3 is 10.2 Å². The second-order valence-electron chi connectivity index (χ2n) is 6.06. The van der Waals surface area contributed by atoms with E-state index in [1.807, 2.05) is 7.05 Å². The Hall–Kier alpha value is -2.00. The van der Waals surface area contributed by atoms with Crippen LogP contribution >= 0.6 is 11.6 Å². The van der Waals surface area contributed by atoms with Crippen LogP contribution in [0.2, 0.25) is 5.15 Å². The highest BCUT2D eigenvalue weighted by atomic mass is 35.5. The molecule has 0 atom stereocenters. The maximum Gasteiger partial charge on any atom is 0.255 e. The SMILES string of the molecule is CN1CCN(S(=O)(=O)c2cccc(NC(=O)c3ccnc(Cl)c3)c2)CC1. The summed E-state index contributed by atoms with van der Waals surface area (Å²) in [5.41, 5.74) is 0.746. The van der Waals surface area contributed by atoms with Crippen molar-refractivity contribution in [2.75, 3.05) is 38.5 Å². The third-order valence-electron chi connectivity index (χ3n) is 4.18. The zero-order chi connectivity index (χ0) is 18.7. The Balaban J connectivity index is 1.78. The number of hydrogen-bond donors (Lipinski definition) is 1. The first-order chi connectivity index (χ1) is 12.4. The molecular formula is C17H19ClN4O3S. The van der Waals surface area contributed by atoms with Crippen LogP contribution in [0.25, 0.3) is 0 Å². The van der Waals surface area contributed by atoms with Gasteiger partial charge in [-0.3, -0.25) is 4.79 Å². The molecule has 7 nitrogen and oxygen atoms in total. The lowest BCUT2D eigenvalue weighted by Gasteiger charge is -2.31. The number of likely N-dealkylation sites (N-methyl/N-ethyl adjacent to an activating group) is 1. The molecule has 2 heterocycles. The summed E-state index contributed by atoms with van der Waals surface area (Å²) in [6, 6.07) is 9.23. The van der Waals surface area contributed by atoms with Gasteiger partial charge in [-0.25, -0.2) is 13.4 Å². The number of aromatic nitrogens is 1. The molecule has 1 aromatic carbocycles. The van der Waals surface area contributed by atoms with E-state index in [2.05, 4.69) is 15.2 Å². The van der Waals surface area contributed by atoms with Gasteiger partial charge in [-0.1, -0.05) is 17.7 Å². The summed E-state index contributed by atoms with van der Waals surface area (Å²) >= 11 is 5.79. The minimum atomic E-state index is -3.59. The Bertz CT molecular complexity index is 912. The van der Waals surface area contributed by atoms with Crippen molar-refractivity contribution < 1.29 is 13.2 Å². The first-order valence-corrected chi connectivity index (χ1v) is 9.90. The molecule has 1 fully saturated rings. The van der Waals surface area contributed by atoms with Gasteiger partial charge in [0.2, 0.25) is 10.0 Å². The molecule has 0 bridgehead atoms. The minimum absolute atomic E-state index is 0.160. The van der Waals surface area contributed by atoms with E-state index in [0.717, 1.165) is 0 Å². The Morgan fingerprint density at radius 2 is 1.88 bits per heavy atom. The fourth-order valence-electron chi connectivity index (χ4n) is 2.66. The number of halogens is 1. The number of carbonyl (C=O) groups excluding carboxylic acids is 1. The van der Waals surface area contributed by atoms with Crippen molar-refractivity contribution in [2.45, 2.75) is 4.90 Å². The third kappa shape index (κ3) is 4.21. The van der Waals surface area contributed by atoms with Crippen LogP contribution in [0.1, 0.15) is 10.4 Å². The number of rotatable bonds is 4. The van der Waals surface area contributed by atoms with Gasteiger partial charge in [0, 0.05) is 43.6 Å². The number of piperazine rings is 1. The summed E-state index contributed by atoms with van der Waals surface area (Å²) in [6.45, 7) is 2.28. The van der Waals surface area contributed by atoms with Crippen molar-refractivity contribution in [1.82, 2.24) is 14.2 Å². The number of amides is 1. The topological polar surface area (TPSA) is 82.6 Å². The molecule has 1 amide bonds. The molecular weight excluding hydrogens is 376 g/mol. The van der Waals surface area contributed by atoms with Crippen molar-refractivity contribution in [2.24, 2.45) is 0 Å². The number of nitrogens with zero attached hydrogens (tertiary/aromatic N) is 3. The fourth-order valence-corrected chi connectivity index (χ4v) is 4.30. The second-order valence-corrected chi connectivity index (χ2v) is 8.38. The zero-order valence-electron chi connectivity index (χ0n) is 14.2. The van der Waals surface area contributed by atoms with Gasteiger partial charge in [0.25, 0.3) is 5.91 Å². The molecule has 0 aliphatic carbocycles. The lowest BCUT2D eigenvalue weighted by Crippen LogP contribution is -2.47. The molecule has 1 aliphatic heterocycles. The molecule has 9 heteroatoms. The van der Waals surface area contributed by atoms with Gasteiger partial charge >= 0.3 is 0 Å². The first-order valence-electron chi connectivity index (χ1n) is 8.08. The standard InChI is InChI=1S/C17H19ClN4O3S/c1-21-7-9-22(10-8-21)26(24,25)15-4-2-3-14(12-15)20-17(23)13-5-6-19-16(18)11-13/h2-6,11-12H,7-10H2,1H3,(H,20,23). The van der Waals surface area contributed by atoms with Crippen LogP contribution in [0.5, 0.6) is 0 Å². The lowest BCUT2D eigenvalue weighted by atomic mass is 10.2. The highest BCUT2D eigenvalue weighted by Gasteiger charge is 2.27. The van der Waals surface area contributed by atoms with Crippen molar-refractivity contribution in [3.8, 4) is 0 Å². The summed E-state index contributed by atoms with van der Waals surface area (Å²) in [4.78, 5) is 18.4. The first kappa shape index (κ1) is 18.8. The molecule has 0 saturated carbocycles. The molecule has 3 rings (SSSR count). The van der Waals surface area contributed by atoms with Crippen LogP contribution < -0.4 is 5.32 Å². The minimum Gasteiger partial charge on any atom is -0.322 e. The number of carbonyl (C=O) groups is 1. The van der Waals surface area contributed by atoms with Crippen molar-refractivity contribution >= 4 is 33.2 Å². The Morgan fingerprint density at radius 1 is 1.15 bits per heavy atom. The van der Waals surface area contributed by atoms with Crippen molar-refractivity contribution in [3.63, 3.8) is 0 Å². The molecule has 0 spiro atoms. The van der Waals surface area contributed by atoms with Crippen LogP contribution in [0.3, 0.4) is 0 Å². The molecule has 0 unspecified atom stereocenters. The third-order valence-corrected chi connectivity index (χ3v) is 6.28. The maximum atomic E-state index is 12.8. The van der Waals surface area contributed by atoms with Crippen LogP contribution in [-0.4, -0.2) is 61.7 Å². The van der Waals surface area contributed by atoms with Crippen LogP contribution in [-0.2, 0) is 10.0 Å². The van der Waals surface area contributed by atoms with Gasteiger partial charge in [-0.2, -0.15) is 4.31 Å². The van der Waals surface area contributed by atoms with Crippen LogP contribution in [0.15, 0.2) is 47.5 Å². The number of pyridine rings is 1. The molecule has 1 aliphatic rings. The van der Waals surface area contributed by atoms with Gasteiger partial charge in [0.15, 0.2) is 0 Å². The van der Waals surface area contributed by atoms with E-state index >= 15 is 0 Å². The maximum absolute atomic E-state index is 12.8. The predicted octanol–water partition coefficient (Wildman–Crippen LogP) is 1.92. The smallest absolute Gasteiger partial charge is 0.255 e. The fraction of sp³-hybridized carbons (Fsp3) is 0.294. The number of sulfonamides is 1. The largest absolute Gasteiger partial charge is 0.322 e. The number of hydrogen-bond acceptors (Lipinski definition) is 5. The van der Waals surface area contributed by atoms with Crippen LogP contribution in [0.4, 0.5) is 5.69 Å². The summed E-state index contributed by atoms with van der Waals surface area (Å²) in [7, 11) is -1.63. The van der Waals surface area contributed by atoms with E-state index in [0.29, 0.717) is 37.4 Å². The van der Waals surface area contributed by atoms with E-state index < -0.39 is 10.0 Å². The lowest BCUT2D eigenvalue weighted by molar-refractivity contribution is 0.102. The van der Waals surface area contributed by atoms with Crippen LogP contribution in [0, 0.1) is 0 Å². The van der Waals surface area contributed by atoms with Crippen molar-refractivity contribution in [3.05, 3.63) is 53.3 Å². The van der Waals surface area contributed by atoms with Gasteiger partial charge in [0.05, 0.1) is 4.90 Å². The second kappa shape index (κ2) is 7.71. The molecule has 2 aromatic rings. The molecule has 1 saturated heterocycles. The van der Waals surface area contributed by atoms with Crippen molar-refractivity contribution in [1.29, 1.82) is 0 Å². The number of anilines is 1. The number of benzene rings is 1. The molecule has 0 radical (unpaired) electrons. The normalized spacial score (nSPS) is 16.4. The Morgan fingerprint density at radius 3 is 2.58 bits per heavy atom. The molecule has 26 heavy (non-hydrogen) atoms. The molecule has 1 aromatic heterocycles. The zero-order valence-corrected chi connectivity index (χ0v) is 15.8. The average Bonchev–Trinajstić information content (AvgIpc) is 2.62. The highest BCUT2D eigenvalue weighted by molar-refractivity contribution is 7.89. The Kier molecular flexibility index (Phi) is 5.57. The van der Waals surface area contributed by atoms with E-state index in [1.165, 1.54) is 34.8 Å². The number of nitrogens with one attached hydrogen (secondary N) is 1. The van der Waals surface area contributed by atoms with E-state index in [1.54, 1.807) is 12.1 Å². The summed E-state index contributed by atoms with van der Waals surface area (Å²) in [5, 5.41) is 2.90. The Labute approximate surface area is 157 Å². The summed E-state index contributed by atoms with van der Waals surface area (Å²) in [5.74, 6) is -0.386. The van der Waals surface area contributed by atoms with E-state index in [4.69, 9.17) is 11.6 Å². The summed E-state index contributed by atoms with van der Waals surface area (Å²) in [6.07, 6.45) is 1.44. The van der Waals surface area contributed by atoms with Gasteiger partial charge in [0.1, 0.15) is 5.15 Å². The predicted molar refractivity (Wildman–Crippen MR) is 99.9 cm³/mol. The molecule has 1 N–H and O–H groups in total. The summed E-state index contributed by atoms with van der Waals surface area (Å²) < 4.78 is 27.1. The van der Waals surface area contributed by atoms with Gasteiger partial charge in [-0.05, 0) is 37.4 Å². The van der Waals surface area contributed by atoms with E-state index in [-0.39, 0.29) is 16.0 Å². The average molecular weight is 395 g/mol. The van der Waals surface area contributed by atoms with E-state index in [9.17, 15) is 13.2 Å². The quantitative estimate of drug-likeness (QED) is 0.801. The monoisotopic (exact) mass is 394 g/mol. The van der Waals surface area contributed by atoms with Gasteiger partial charge in [-0.15, -0.1) is 0 Å².